The molecule has 1 aliphatic carbocycles. The second-order valence-electron chi connectivity index (χ2n) is 3.88. The summed E-state index contributed by atoms with van der Waals surface area (Å²) in [5, 5.41) is 3.39. The molecule has 1 N–H and O–H groups in total. The summed E-state index contributed by atoms with van der Waals surface area (Å²) in [5.41, 5.74) is 2.62. The second kappa shape index (κ2) is 5.61. The molecule has 1 aromatic rings. The van der Waals surface area contributed by atoms with Crippen LogP contribution in [0.1, 0.15) is 31.4 Å². The van der Waals surface area contributed by atoms with Gasteiger partial charge in [-0.25, -0.2) is 0 Å². The third-order valence-corrected chi connectivity index (χ3v) is 2.68. The predicted molar refractivity (Wildman–Crippen MR) is 60.3 cm³/mol. The number of hydrogen-bond acceptors (Lipinski definition) is 3. The summed E-state index contributed by atoms with van der Waals surface area (Å²) in [6.45, 7) is 1.86. The molecular weight excluding hydrogens is 186 g/mol. The van der Waals surface area contributed by atoms with E-state index in [4.69, 9.17) is 0 Å². The van der Waals surface area contributed by atoms with Gasteiger partial charge in [-0.2, -0.15) is 0 Å². The average Bonchev–Trinajstić information content (AvgIpc) is 2.79. The van der Waals surface area contributed by atoms with Crippen molar-refractivity contribution < 1.29 is 0 Å². The first-order valence-electron chi connectivity index (χ1n) is 5.58. The van der Waals surface area contributed by atoms with Crippen LogP contribution in [0, 0.1) is 0 Å². The molecule has 3 heteroatoms. The number of allylic oxidation sites excluding steroid dienone is 1. The third-order valence-electron chi connectivity index (χ3n) is 2.68. The lowest BCUT2D eigenvalue weighted by molar-refractivity contribution is 0.663. The fourth-order valence-electron chi connectivity index (χ4n) is 1.85. The lowest BCUT2D eigenvalue weighted by Crippen LogP contribution is -2.16. The third kappa shape index (κ3) is 3.44. The maximum absolute atomic E-state index is 4.21. The fraction of sp³-hybridized carbons (Fsp3) is 0.500. The van der Waals surface area contributed by atoms with Crippen LogP contribution in [-0.4, -0.2) is 16.5 Å². The smallest absolute Gasteiger partial charge is 0.0724 e. The molecule has 0 atom stereocenters. The Morgan fingerprint density at radius 3 is 3.07 bits per heavy atom. The maximum Gasteiger partial charge on any atom is 0.0724 e. The van der Waals surface area contributed by atoms with Gasteiger partial charge < -0.3 is 5.32 Å². The summed E-state index contributed by atoms with van der Waals surface area (Å²) in [5.74, 6) is 0. The van der Waals surface area contributed by atoms with Crippen molar-refractivity contribution in [1.82, 2.24) is 15.3 Å². The van der Waals surface area contributed by atoms with Crippen LogP contribution in [0.4, 0.5) is 0 Å². The van der Waals surface area contributed by atoms with E-state index in [9.17, 15) is 0 Å². The van der Waals surface area contributed by atoms with Crippen LogP contribution in [0.3, 0.4) is 0 Å². The summed E-state index contributed by atoms with van der Waals surface area (Å²) < 4.78 is 0. The van der Waals surface area contributed by atoms with E-state index in [0.717, 1.165) is 18.8 Å². The standard InChI is InChI=1S/C12H17N3/c1-2-4-11(3-1)5-6-13-9-12-10-14-7-8-15-12/h3,7-8,10,13H,1-2,4-6,9H2. The number of nitrogens with zero attached hydrogens (tertiary/aromatic N) is 2. The summed E-state index contributed by atoms with van der Waals surface area (Å²) in [6, 6.07) is 0. The molecule has 15 heavy (non-hydrogen) atoms. The van der Waals surface area contributed by atoms with E-state index in [2.05, 4.69) is 21.4 Å². The zero-order valence-corrected chi connectivity index (χ0v) is 8.95. The van der Waals surface area contributed by atoms with Gasteiger partial charge in [-0.05, 0) is 32.2 Å². The van der Waals surface area contributed by atoms with Crippen LogP contribution in [0.25, 0.3) is 0 Å². The van der Waals surface area contributed by atoms with Crippen LogP contribution in [0.15, 0.2) is 30.2 Å². The zero-order valence-electron chi connectivity index (χ0n) is 8.95. The van der Waals surface area contributed by atoms with Crippen molar-refractivity contribution in [3.05, 3.63) is 35.9 Å². The molecule has 0 saturated heterocycles. The van der Waals surface area contributed by atoms with Gasteiger partial charge in [-0.1, -0.05) is 11.6 Å². The highest BCUT2D eigenvalue weighted by molar-refractivity contribution is 5.07. The zero-order chi connectivity index (χ0) is 10.3. The molecule has 0 fully saturated rings. The van der Waals surface area contributed by atoms with Crippen molar-refractivity contribution in [2.24, 2.45) is 0 Å². The fourth-order valence-corrected chi connectivity index (χ4v) is 1.85. The van der Waals surface area contributed by atoms with Gasteiger partial charge >= 0.3 is 0 Å². The minimum atomic E-state index is 0.821. The van der Waals surface area contributed by atoms with E-state index in [1.807, 2.05) is 6.20 Å². The van der Waals surface area contributed by atoms with E-state index in [1.165, 1.54) is 25.7 Å². The largest absolute Gasteiger partial charge is 0.311 e. The van der Waals surface area contributed by atoms with Crippen molar-refractivity contribution >= 4 is 0 Å². The Kier molecular flexibility index (Phi) is 3.85. The number of aromatic nitrogens is 2. The van der Waals surface area contributed by atoms with Gasteiger partial charge in [0.15, 0.2) is 0 Å². The normalized spacial score (nSPS) is 15.3. The van der Waals surface area contributed by atoms with Crippen LogP contribution in [0.5, 0.6) is 0 Å². The van der Waals surface area contributed by atoms with Crippen LogP contribution in [0.2, 0.25) is 0 Å². The van der Waals surface area contributed by atoms with E-state index < -0.39 is 0 Å². The summed E-state index contributed by atoms with van der Waals surface area (Å²) in [7, 11) is 0. The minimum Gasteiger partial charge on any atom is -0.311 e. The van der Waals surface area contributed by atoms with Crippen LogP contribution < -0.4 is 5.32 Å². The quantitative estimate of drug-likeness (QED) is 0.588. The molecule has 0 saturated carbocycles. The molecule has 0 spiro atoms. The predicted octanol–water partition coefficient (Wildman–Crippen LogP) is 2.07. The molecule has 0 aliphatic heterocycles. The Hall–Kier alpha value is -1.22. The molecule has 80 valence electrons. The van der Waals surface area contributed by atoms with Crippen LogP contribution >= 0.6 is 0 Å². The number of rotatable bonds is 5. The van der Waals surface area contributed by atoms with Gasteiger partial charge in [0, 0.05) is 25.1 Å². The average molecular weight is 203 g/mol. The second-order valence-corrected chi connectivity index (χ2v) is 3.88. The summed E-state index contributed by atoms with van der Waals surface area (Å²) in [6.07, 6.45) is 12.7. The molecule has 0 amide bonds. The molecule has 2 rings (SSSR count). The Morgan fingerprint density at radius 2 is 2.33 bits per heavy atom. The highest BCUT2D eigenvalue weighted by Crippen LogP contribution is 2.19. The molecule has 1 aromatic heterocycles. The van der Waals surface area contributed by atoms with Crippen molar-refractivity contribution in [1.29, 1.82) is 0 Å². The van der Waals surface area contributed by atoms with Gasteiger partial charge in [-0.3, -0.25) is 9.97 Å². The Labute approximate surface area is 90.6 Å². The van der Waals surface area contributed by atoms with Crippen molar-refractivity contribution in [3.63, 3.8) is 0 Å². The lowest BCUT2D eigenvalue weighted by Gasteiger charge is -2.04. The first-order chi connectivity index (χ1) is 7.45. The topological polar surface area (TPSA) is 37.8 Å². The monoisotopic (exact) mass is 203 g/mol. The van der Waals surface area contributed by atoms with Gasteiger partial charge in [0.05, 0.1) is 5.69 Å². The minimum absolute atomic E-state index is 0.821. The maximum atomic E-state index is 4.21. The van der Waals surface area contributed by atoms with Gasteiger partial charge in [-0.15, -0.1) is 0 Å². The van der Waals surface area contributed by atoms with E-state index in [-0.39, 0.29) is 0 Å². The highest BCUT2D eigenvalue weighted by atomic mass is 14.9. The molecule has 1 aliphatic rings. The highest BCUT2D eigenvalue weighted by Gasteiger charge is 2.03. The van der Waals surface area contributed by atoms with E-state index in [0.29, 0.717) is 0 Å². The van der Waals surface area contributed by atoms with Gasteiger partial charge in [0.1, 0.15) is 0 Å². The Morgan fingerprint density at radius 1 is 1.33 bits per heavy atom. The van der Waals surface area contributed by atoms with Crippen molar-refractivity contribution in [2.75, 3.05) is 6.54 Å². The summed E-state index contributed by atoms with van der Waals surface area (Å²) in [4.78, 5) is 8.24. The molecule has 0 unspecified atom stereocenters. The van der Waals surface area contributed by atoms with E-state index in [1.54, 1.807) is 18.0 Å². The molecule has 0 bridgehead atoms. The molecule has 3 nitrogen and oxygen atoms in total. The SMILES string of the molecule is C1=C(CCNCc2cnccn2)CCC1. The Balaban J connectivity index is 1.63. The number of hydrogen-bond donors (Lipinski definition) is 1. The molecular formula is C12H17N3. The van der Waals surface area contributed by atoms with Crippen LogP contribution in [-0.2, 0) is 6.54 Å². The first-order valence-corrected chi connectivity index (χ1v) is 5.58. The van der Waals surface area contributed by atoms with Gasteiger partial charge in [0.25, 0.3) is 0 Å². The molecule has 1 heterocycles. The molecule has 0 aromatic carbocycles. The van der Waals surface area contributed by atoms with Gasteiger partial charge in [0.2, 0.25) is 0 Å². The van der Waals surface area contributed by atoms with Crippen molar-refractivity contribution in [2.45, 2.75) is 32.2 Å². The lowest BCUT2D eigenvalue weighted by atomic mass is 10.2. The van der Waals surface area contributed by atoms with E-state index >= 15 is 0 Å². The first kappa shape index (κ1) is 10.3. The van der Waals surface area contributed by atoms with Crippen molar-refractivity contribution in [3.8, 4) is 0 Å². The molecule has 0 radical (unpaired) electrons. The number of nitrogens with one attached hydrogen (secondary N) is 1. The Bertz CT molecular complexity index is 319. The summed E-state index contributed by atoms with van der Waals surface area (Å²) >= 11 is 0.